The molecule has 2 aromatic carbocycles. The van der Waals surface area contributed by atoms with Gasteiger partial charge in [0.1, 0.15) is 0 Å². The molecule has 1 aromatic heterocycles. The molecule has 0 amide bonds. The van der Waals surface area contributed by atoms with Crippen LogP contribution in [0.5, 0.6) is 0 Å². The molecular formula is C15H6Cl4NS. The maximum Gasteiger partial charge on any atom is 0.153 e. The van der Waals surface area contributed by atoms with Gasteiger partial charge in [-0.05, 0) is 29.8 Å². The molecule has 1 nitrogen and oxygen atoms in total. The number of nitrogens with zero attached hydrogens (tertiary/aromatic N) is 1. The number of aromatic nitrogens is 1. The first-order valence-electron chi connectivity index (χ1n) is 5.84. The van der Waals surface area contributed by atoms with E-state index >= 15 is 0 Å². The fourth-order valence-electron chi connectivity index (χ4n) is 1.89. The molecule has 1 radical (unpaired) electrons. The third-order valence-electron chi connectivity index (χ3n) is 2.90. The molecule has 3 rings (SSSR count). The highest BCUT2D eigenvalue weighted by Crippen LogP contribution is 2.38. The van der Waals surface area contributed by atoms with E-state index in [-0.39, 0.29) is 0 Å². The summed E-state index contributed by atoms with van der Waals surface area (Å²) in [6.45, 7) is 0. The molecule has 0 saturated heterocycles. The van der Waals surface area contributed by atoms with Crippen LogP contribution in [0.3, 0.4) is 0 Å². The van der Waals surface area contributed by atoms with Gasteiger partial charge in [-0.25, -0.2) is 4.98 Å². The minimum atomic E-state index is 0.488. The van der Waals surface area contributed by atoms with Gasteiger partial charge in [0, 0.05) is 5.56 Å². The van der Waals surface area contributed by atoms with E-state index in [0.29, 0.717) is 20.1 Å². The lowest BCUT2D eigenvalue weighted by Crippen LogP contribution is -1.83. The average Bonchev–Trinajstić information content (AvgIpc) is 2.94. The molecule has 0 atom stereocenters. The van der Waals surface area contributed by atoms with Crippen molar-refractivity contribution in [2.24, 2.45) is 0 Å². The summed E-state index contributed by atoms with van der Waals surface area (Å²) >= 11 is 25.5. The molecule has 0 bridgehead atoms. The Morgan fingerprint density at radius 1 is 0.762 bits per heavy atom. The number of hydrogen-bond acceptors (Lipinski definition) is 2. The van der Waals surface area contributed by atoms with Crippen molar-refractivity contribution in [2.75, 3.05) is 0 Å². The van der Waals surface area contributed by atoms with Crippen molar-refractivity contribution in [3.05, 3.63) is 62.0 Å². The van der Waals surface area contributed by atoms with E-state index in [0.717, 1.165) is 21.7 Å². The Morgan fingerprint density at radius 2 is 1.33 bits per heavy atom. The number of benzene rings is 2. The molecule has 0 aliphatic heterocycles. The largest absolute Gasteiger partial charge is 0.233 e. The maximum absolute atomic E-state index is 6.08. The Labute approximate surface area is 146 Å². The highest BCUT2D eigenvalue weighted by Gasteiger charge is 2.13. The smallest absolute Gasteiger partial charge is 0.153 e. The molecule has 0 spiro atoms. The molecule has 0 unspecified atom stereocenters. The zero-order chi connectivity index (χ0) is 15.0. The van der Waals surface area contributed by atoms with Crippen LogP contribution in [0.25, 0.3) is 21.7 Å². The maximum atomic E-state index is 6.08. The summed E-state index contributed by atoms with van der Waals surface area (Å²) in [5.41, 5.74) is 5.50. The van der Waals surface area contributed by atoms with Crippen molar-refractivity contribution < 1.29 is 0 Å². The van der Waals surface area contributed by atoms with Crippen LogP contribution in [-0.2, 0) is 0 Å². The molecule has 0 fully saturated rings. The van der Waals surface area contributed by atoms with Crippen LogP contribution in [0.15, 0.2) is 36.4 Å². The van der Waals surface area contributed by atoms with E-state index in [1.807, 2.05) is 18.2 Å². The Morgan fingerprint density at radius 3 is 1.95 bits per heavy atom. The molecule has 105 valence electrons. The van der Waals surface area contributed by atoms with Crippen LogP contribution in [0.1, 0.15) is 0 Å². The first-order valence-corrected chi connectivity index (χ1v) is 8.17. The highest BCUT2D eigenvalue weighted by molar-refractivity contribution is 7.13. The number of hydrogen-bond donors (Lipinski definition) is 0. The zero-order valence-corrected chi connectivity index (χ0v) is 14.2. The zero-order valence-electron chi connectivity index (χ0n) is 10.3. The van der Waals surface area contributed by atoms with E-state index in [1.54, 1.807) is 18.2 Å². The van der Waals surface area contributed by atoms with Gasteiger partial charge in [-0.2, -0.15) is 0 Å². The molecule has 1 heterocycles. The Balaban J connectivity index is 2.12. The lowest BCUT2D eigenvalue weighted by Gasteiger charge is -2.05. The third-order valence-corrected chi connectivity index (χ3v) is 5.19. The van der Waals surface area contributed by atoms with Crippen molar-refractivity contribution in [1.29, 1.82) is 0 Å². The first kappa shape index (κ1) is 15.1. The molecule has 0 aliphatic carbocycles. The third kappa shape index (κ3) is 3.05. The van der Waals surface area contributed by atoms with E-state index in [2.05, 4.69) is 10.5 Å². The highest BCUT2D eigenvalue weighted by atomic mass is 35.5. The predicted molar refractivity (Wildman–Crippen MR) is 91.9 cm³/mol. The average molecular weight is 374 g/mol. The molecule has 6 heteroatoms. The van der Waals surface area contributed by atoms with E-state index < -0.39 is 0 Å². The summed E-state index contributed by atoms with van der Waals surface area (Å²) in [6.07, 6.45) is 0. The van der Waals surface area contributed by atoms with Crippen LogP contribution in [-0.4, -0.2) is 4.98 Å². The summed E-state index contributed by atoms with van der Waals surface area (Å²) in [5, 5.41) is 2.02. The fourth-order valence-corrected chi connectivity index (χ4v) is 3.21. The van der Waals surface area contributed by atoms with Gasteiger partial charge in [0.25, 0.3) is 0 Å². The standard InChI is InChI=1S/C15H6Cl4NS/c16-10-3-1-8(5-12(10)18)14-15(21-7-20-14)9-2-4-11(17)13(19)6-9/h1-6H. The minimum absolute atomic E-state index is 0.488. The second-order valence-corrected chi connectivity index (χ2v) is 6.66. The number of rotatable bonds is 2. The van der Waals surface area contributed by atoms with Gasteiger partial charge in [-0.15, -0.1) is 11.3 Å². The normalized spacial score (nSPS) is 10.9. The number of thiazole rings is 1. The van der Waals surface area contributed by atoms with Crippen molar-refractivity contribution in [2.45, 2.75) is 0 Å². The minimum Gasteiger partial charge on any atom is -0.233 e. The number of halogens is 4. The molecule has 0 N–H and O–H groups in total. The molecule has 3 aromatic rings. The molecule has 0 aliphatic rings. The van der Waals surface area contributed by atoms with Crippen LogP contribution in [0.4, 0.5) is 0 Å². The van der Waals surface area contributed by atoms with Gasteiger partial charge < -0.3 is 0 Å². The molecular weight excluding hydrogens is 368 g/mol. The van der Waals surface area contributed by atoms with Crippen LogP contribution in [0, 0.1) is 5.51 Å². The van der Waals surface area contributed by atoms with Crippen LogP contribution in [0.2, 0.25) is 20.1 Å². The summed E-state index contributed by atoms with van der Waals surface area (Å²) in [7, 11) is 0. The quantitative estimate of drug-likeness (QED) is 0.476. The molecule has 0 saturated carbocycles. The monoisotopic (exact) mass is 372 g/mol. The van der Waals surface area contributed by atoms with Gasteiger partial charge in [0.05, 0.1) is 30.7 Å². The summed E-state index contributed by atoms with van der Waals surface area (Å²) < 4.78 is 0. The topological polar surface area (TPSA) is 12.9 Å². The first-order chi connectivity index (χ1) is 10.1. The SMILES string of the molecule is Clc1ccc(-c2n[c]sc2-c2ccc(Cl)c(Cl)c2)cc1Cl. The van der Waals surface area contributed by atoms with Gasteiger partial charge in [-0.1, -0.05) is 58.5 Å². The van der Waals surface area contributed by atoms with Crippen molar-refractivity contribution in [3.63, 3.8) is 0 Å². The summed E-state index contributed by atoms with van der Waals surface area (Å²) in [4.78, 5) is 5.25. The Hall–Kier alpha value is -0.770. The Bertz CT molecular complexity index is 747. The molecule has 21 heavy (non-hydrogen) atoms. The van der Waals surface area contributed by atoms with E-state index in [4.69, 9.17) is 46.4 Å². The van der Waals surface area contributed by atoms with Gasteiger partial charge >= 0.3 is 0 Å². The van der Waals surface area contributed by atoms with Gasteiger partial charge in [0.15, 0.2) is 5.51 Å². The summed E-state index contributed by atoms with van der Waals surface area (Å²) in [6, 6.07) is 10.9. The van der Waals surface area contributed by atoms with Gasteiger partial charge in [0.2, 0.25) is 0 Å². The lowest BCUT2D eigenvalue weighted by atomic mass is 10.1. The van der Waals surface area contributed by atoms with Crippen LogP contribution >= 0.6 is 57.7 Å². The summed E-state index contributed by atoms with van der Waals surface area (Å²) in [5.74, 6) is 0. The Kier molecular flexibility index (Phi) is 4.43. The van der Waals surface area contributed by atoms with Crippen LogP contribution < -0.4 is 0 Å². The second-order valence-electron chi connectivity index (χ2n) is 4.24. The van der Waals surface area contributed by atoms with Crippen molar-refractivity contribution >= 4 is 57.7 Å². The van der Waals surface area contributed by atoms with Crippen molar-refractivity contribution in [1.82, 2.24) is 4.98 Å². The lowest BCUT2D eigenvalue weighted by molar-refractivity contribution is 1.40. The van der Waals surface area contributed by atoms with Gasteiger partial charge in [-0.3, -0.25) is 0 Å². The van der Waals surface area contributed by atoms with E-state index in [1.165, 1.54) is 11.3 Å². The van der Waals surface area contributed by atoms with Crippen molar-refractivity contribution in [3.8, 4) is 21.7 Å². The predicted octanol–water partition coefficient (Wildman–Crippen LogP) is 6.89. The van der Waals surface area contributed by atoms with E-state index in [9.17, 15) is 0 Å². The second kappa shape index (κ2) is 6.15. The fraction of sp³-hybridized carbons (Fsp3) is 0.